The second-order valence-electron chi connectivity index (χ2n) is 5.96. The number of rotatable bonds is 4. The van der Waals surface area contributed by atoms with E-state index in [2.05, 4.69) is 32.3 Å². The molecular weight excluding hydrogens is 391 g/mol. The first-order valence-electron chi connectivity index (χ1n) is 8.32. The fourth-order valence-corrected chi connectivity index (χ4v) is 3.22. The predicted octanol–water partition coefficient (Wildman–Crippen LogP) is 2.23. The van der Waals surface area contributed by atoms with Crippen LogP contribution in [-0.2, 0) is 19.5 Å². The van der Waals surface area contributed by atoms with E-state index < -0.39 is 0 Å². The van der Waals surface area contributed by atoms with Crippen LogP contribution in [-0.4, -0.2) is 33.3 Å². The number of nitrogens with one attached hydrogen (secondary N) is 2. The van der Waals surface area contributed by atoms with Crippen molar-refractivity contribution in [2.45, 2.75) is 71.0 Å². The quantitative estimate of drug-likeness (QED) is 0.447. The monoisotopic (exact) mass is 418 g/mol. The van der Waals surface area contributed by atoms with Gasteiger partial charge in [0.1, 0.15) is 12.4 Å². The molecule has 2 aliphatic rings. The highest BCUT2D eigenvalue weighted by molar-refractivity contribution is 14.0. The van der Waals surface area contributed by atoms with Gasteiger partial charge in [-0.1, -0.05) is 12.8 Å². The molecule has 2 heterocycles. The topological polar surface area (TPSA) is 67.1 Å². The molecule has 0 saturated heterocycles. The molecule has 6 nitrogen and oxygen atoms in total. The van der Waals surface area contributed by atoms with Gasteiger partial charge in [0, 0.05) is 25.6 Å². The SMILES string of the molecule is CCNC(=NCc1nnc2n1CCCC2)NC1CCCC1.I. The number of fused-ring (bicyclic) bond motifs is 1. The zero-order valence-corrected chi connectivity index (χ0v) is 15.7. The first-order chi connectivity index (χ1) is 10.4. The van der Waals surface area contributed by atoms with Crippen LogP contribution in [0.25, 0.3) is 0 Å². The lowest BCUT2D eigenvalue weighted by Gasteiger charge is -2.17. The summed E-state index contributed by atoms with van der Waals surface area (Å²) in [6.45, 7) is 4.64. The molecule has 1 aromatic rings. The molecule has 0 amide bonds. The minimum Gasteiger partial charge on any atom is -0.357 e. The van der Waals surface area contributed by atoms with Crippen LogP contribution >= 0.6 is 24.0 Å². The summed E-state index contributed by atoms with van der Waals surface area (Å²) in [7, 11) is 0. The summed E-state index contributed by atoms with van der Waals surface area (Å²) in [6, 6.07) is 0.579. The highest BCUT2D eigenvalue weighted by Crippen LogP contribution is 2.17. The van der Waals surface area contributed by atoms with Crippen molar-refractivity contribution in [3.05, 3.63) is 11.6 Å². The Hall–Kier alpha value is -0.860. The smallest absolute Gasteiger partial charge is 0.191 e. The third-order valence-corrected chi connectivity index (χ3v) is 4.35. The van der Waals surface area contributed by atoms with Crippen molar-refractivity contribution in [3.8, 4) is 0 Å². The third-order valence-electron chi connectivity index (χ3n) is 4.35. The van der Waals surface area contributed by atoms with Crippen LogP contribution in [0.15, 0.2) is 4.99 Å². The lowest BCUT2D eigenvalue weighted by atomic mass is 10.2. The summed E-state index contributed by atoms with van der Waals surface area (Å²) in [5.74, 6) is 3.03. The summed E-state index contributed by atoms with van der Waals surface area (Å²) in [5.41, 5.74) is 0. The van der Waals surface area contributed by atoms with Crippen molar-refractivity contribution in [2.24, 2.45) is 4.99 Å². The van der Waals surface area contributed by atoms with Gasteiger partial charge in [-0.05, 0) is 32.6 Å². The maximum Gasteiger partial charge on any atom is 0.191 e. The standard InChI is InChI=1S/C15H26N6.HI/c1-2-16-15(18-12-7-3-4-8-12)17-11-14-20-19-13-9-5-6-10-21(13)14;/h12H,2-11H2,1H3,(H2,16,17,18);1H. The highest BCUT2D eigenvalue weighted by Gasteiger charge is 2.17. The molecule has 1 saturated carbocycles. The second-order valence-corrected chi connectivity index (χ2v) is 5.96. The minimum atomic E-state index is 0. The average Bonchev–Trinajstić information content (AvgIpc) is 3.14. The third kappa shape index (κ3) is 4.33. The lowest BCUT2D eigenvalue weighted by molar-refractivity contribution is 0.507. The van der Waals surface area contributed by atoms with E-state index in [1.807, 2.05) is 0 Å². The van der Waals surface area contributed by atoms with Gasteiger partial charge in [-0.2, -0.15) is 0 Å². The number of guanidine groups is 1. The Morgan fingerprint density at radius 1 is 1.23 bits per heavy atom. The van der Waals surface area contributed by atoms with E-state index in [4.69, 9.17) is 4.99 Å². The first kappa shape index (κ1) is 17.5. The number of hydrogen-bond donors (Lipinski definition) is 2. The lowest BCUT2D eigenvalue weighted by Crippen LogP contribution is -2.42. The summed E-state index contributed by atoms with van der Waals surface area (Å²) < 4.78 is 2.24. The van der Waals surface area contributed by atoms with Crippen molar-refractivity contribution >= 4 is 29.9 Å². The van der Waals surface area contributed by atoms with Gasteiger partial charge in [0.15, 0.2) is 11.8 Å². The Morgan fingerprint density at radius 2 is 2.05 bits per heavy atom. The van der Waals surface area contributed by atoms with E-state index in [9.17, 15) is 0 Å². The van der Waals surface area contributed by atoms with Gasteiger partial charge in [0.25, 0.3) is 0 Å². The Kier molecular flexibility index (Phi) is 6.91. The number of halogens is 1. The van der Waals surface area contributed by atoms with E-state index >= 15 is 0 Å². The van der Waals surface area contributed by atoms with Crippen molar-refractivity contribution in [1.82, 2.24) is 25.4 Å². The van der Waals surface area contributed by atoms with E-state index in [1.165, 1.54) is 38.5 Å². The Balaban J connectivity index is 0.00000176. The minimum absolute atomic E-state index is 0. The van der Waals surface area contributed by atoms with Crippen LogP contribution in [0.5, 0.6) is 0 Å². The van der Waals surface area contributed by atoms with Gasteiger partial charge in [-0.15, -0.1) is 34.2 Å². The van der Waals surface area contributed by atoms with Gasteiger partial charge in [-0.25, -0.2) is 4.99 Å². The fraction of sp³-hybridized carbons (Fsp3) is 0.800. The molecule has 0 bridgehead atoms. The zero-order valence-electron chi connectivity index (χ0n) is 13.3. The summed E-state index contributed by atoms with van der Waals surface area (Å²) in [6.07, 6.45) is 8.67. The summed E-state index contributed by atoms with van der Waals surface area (Å²) in [5, 5.41) is 15.5. The van der Waals surface area contributed by atoms with Crippen LogP contribution in [0.1, 0.15) is 57.1 Å². The van der Waals surface area contributed by atoms with Gasteiger partial charge in [-0.3, -0.25) is 0 Å². The molecule has 3 rings (SSSR count). The van der Waals surface area contributed by atoms with E-state index in [-0.39, 0.29) is 24.0 Å². The van der Waals surface area contributed by atoms with Gasteiger partial charge >= 0.3 is 0 Å². The van der Waals surface area contributed by atoms with Crippen LogP contribution < -0.4 is 10.6 Å². The van der Waals surface area contributed by atoms with Crippen LogP contribution in [0.4, 0.5) is 0 Å². The molecule has 0 spiro atoms. The zero-order chi connectivity index (χ0) is 14.5. The first-order valence-corrected chi connectivity index (χ1v) is 8.32. The van der Waals surface area contributed by atoms with Crippen molar-refractivity contribution in [3.63, 3.8) is 0 Å². The molecule has 1 aliphatic carbocycles. The Morgan fingerprint density at radius 3 is 2.82 bits per heavy atom. The van der Waals surface area contributed by atoms with E-state index in [1.54, 1.807) is 0 Å². The van der Waals surface area contributed by atoms with Gasteiger partial charge in [0.05, 0.1) is 0 Å². The molecule has 1 aromatic heterocycles. The second kappa shape index (κ2) is 8.69. The molecule has 0 radical (unpaired) electrons. The number of hydrogen-bond acceptors (Lipinski definition) is 3. The largest absolute Gasteiger partial charge is 0.357 e. The molecule has 124 valence electrons. The van der Waals surface area contributed by atoms with E-state index in [0.29, 0.717) is 12.6 Å². The normalized spacial score (nSPS) is 18.7. The molecule has 22 heavy (non-hydrogen) atoms. The maximum atomic E-state index is 4.70. The number of nitrogens with zero attached hydrogens (tertiary/aromatic N) is 4. The van der Waals surface area contributed by atoms with Gasteiger partial charge < -0.3 is 15.2 Å². The molecule has 1 aliphatic heterocycles. The van der Waals surface area contributed by atoms with E-state index in [0.717, 1.165) is 37.1 Å². The van der Waals surface area contributed by atoms with Crippen LogP contribution in [0.3, 0.4) is 0 Å². The highest BCUT2D eigenvalue weighted by atomic mass is 127. The van der Waals surface area contributed by atoms with Gasteiger partial charge in [0.2, 0.25) is 0 Å². The maximum absolute atomic E-state index is 4.70. The molecule has 0 atom stereocenters. The molecule has 0 aromatic carbocycles. The average molecular weight is 418 g/mol. The Labute approximate surface area is 149 Å². The van der Waals surface area contributed by atoms with Crippen LogP contribution in [0.2, 0.25) is 0 Å². The molecule has 2 N–H and O–H groups in total. The molecule has 1 fully saturated rings. The fourth-order valence-electron chi connectivity index (χ4n) is 3.22. The number of aliphatic imine (C=N–C) groups is 1. The number of aromatic nitrogens is 3. The van der Waals surface area contributed by atoms with Crippen molar-refractivity contribution in [1.29, 1.82) is 0 Å². The predicted molar refractivity (Wildman–Crippen MR) is 98.6 cm³/mol. The molecule has 7 heteroatoms. The van der Waals surface area contributed by atoms with Crippen LogP contribution in [0, 0.1) is 0 Å². The summed E-state index contributed by atoms with van der Waals surface area (Å²) >= 11 is 0. The molecule has 0 unspecified atom stereocenters. The Bertz CT molecular complexity index is 492. The molecular formula is C15H27IN6. The van der Waals surface area contributed by atoms with Crippen molar-refractivity contribution < 1.29 is 0 Å². The number of aryl methyl sites for hydroxylation is 1. The summed E-state index contributed by atoms with van der Waals surface area (Å²) in [4.78, 5) is 4.70. The van der Waals surface area contributed by atoms with Crippen molar-refractivity contribution in [2.75, 3.05) is 6.54 Å².